The summed E-state index contributed by atoms with van der Waals surface area (Å²) >= 11 is 0. The van der Waals surface area contributed by atoms with E-state index in [2.05, 4.69) is 39.7 Å². The molecule has 1 heteroatoms. The molecule has 1 nitrogen and oxygen atoms in total. The van der Waals surface area contributed by atoms with Gasteiger partial charge in [0.1, 0.15) is 0 Å². The van der Waals surface area contributed by atoms with Crippen molar-refractivity contribution in [3.63, 3.8) is 0 Å². The number of quaternary nitrogens is 1. The Morgan fingerprint density at radius 1 is 1.41 bits per heavy atom. The summed E-state index contributed by atoms with van der Waals surface area (Å²) in [5, 5.41) is 2.09. The van der Waals surface area contributed by atoms with E-state index in [1.165, 1.54) is 48.9 Å². The van der Waals surface area contributed by atoms with E-state index in [1.807, 2.05) is 0 Å². The van der Waals surface area contributed by atoms with Crippen LogP contribution in [0.4, 0.5) is 0 Å². The van der Waals surface area contributed by atoms with Crippen LogP contribution in [0.1, 0.15) is 52.9 Å². The Morgan fingerprint density at radius 2 is 2.12 bits per heavy atom. The lowest BCUT2D eigenvalue weighted by atomic mass is 9.65. The largest absolute Gasteiger partial charge is 0.449 e. The van der Waals surface area contributed by atoms with Crippen LogP contribution in [0.2, 0.25) is 0 Å². The second-order valence-corrected chi connectivity index (χ2v) is 6.45. The molecule has 0 aromatic carbocycles. The third kappa shape index (κ3) is 2.10. The van der Waals surface area contributed by atoms with Crippen LogP contribution in [0.25, 0.3) is 0 Å². The standard InChI is InChI=1S/C16H27N/c1-11(2)15(17-5)13-8-10-16(4)9-6-7-12(3)14(13)16/h13-14H,3,5-10,17H2,1-2,4H3/t13-,14+,16-/m1/s1. The average molecular weight is 233 g/mol. The van der Waals surface area contributed by atoms with E-state index in [-0.39, 0.29) is 0 Å². The van der Waals surface area contributed by atoms with Crippen molar-refractivity contribution in [3.05, 3.63) is 30.5 Å². The zero-order valence-electron chi connectivity index (χ0n) is 11.7. The van der Waals surface area contributed by atoms with E-state index in [0.717, 1.165) is 0 Å². The minimum atomic E-state index is 0.518. The lowest BCUT2D eigenvalue weighted by Gasteiger charge is -2.40. The van der Waals surface area contributed by atoms with Gasteiger partial charge in [-0.15, -0.1) is 7.05 Å². The van der Waals surface area contributed by atoms with E-state index in [1.54, 1.807) is 0 Å². The predicted molar refractivity (Wildman–Crippen MR) is 73.0 cm³/mol. The van der Waals surface area contributed by atoms with Crippen molar-refractivity contribution in [1.82, 2.24) is 0 Å². The van der Waals surface area contributed by atoms with Crippen LogP contribution in [0.3, 0.4) is 0 Å². The summed E-state index contributed by atoms with van der Waals surface area (Å²) in [5.41, 5.74) is 4.94. The molecule has 0 aliphatic heterocycles. The molecule has 0 heterocycles. The molecule has 0 spiro atoms. The summed E-state index contributed by atoms with van der Waals surface area (Å²) in [6, 6.07) is 0. The van der Waals surface area contributed by atoms with Gasteiger partial charge in [0.2, 0.25) is 0 Å². The number of allylic oxidation sites excluding steroid dienone is 3. The fraction of sp³-hybridized carbons (Fsp3) is 0.688. The highest BCUT2D eigenvalue weighted by molar-refractivity contribution is 5.21. The second-order valence-electron chi connectivity index (χ2n) is 6.45. The van der Waals surface area contributed by atoms with E-state index >= 15 is 0 Å². The molecule has 0 amide bonds. The molecule has 0 aromatic heterocycles. The molecule has 2 aliphatic carbocycles. The van der Waals surface area contributed by atoms with Crippen LogP contribution >= 0.6 is 0 Å². The number of fused-ring (bicyclic) bond motifs is 1. The molecule has 0 bridgehead atoms. The SMILES string of the molecule is C=C1CCC[C@]2(C)CC[C@@H](C([NH2+][CH2-])=C(C)C)[C@H]12. The van der Waals surface area contributed by atoms with Gasteiger partial charge in [-0.2, -0.15) is 0 Å². The van der Waals surface area contributed by atoms with Gasteiger partial charge in [-0.05, 0) is 62.9 Å². The number of rotatable bonds is 2. The number of hydrogen-bond acceptors (Lipinski definition) is 0. The summed E-state index contributed by atoms with van der Waals surface area (Å²) in [5.74, 6) is 1.40. The molecular formula is C16H27N. The Bertz CT molecular complexity index is 349. The van der Waals surface area contributed by atoms with Gasteiger partial charge >= 0.3 is 0 Å². The average Bonchev–Trinajstić information content (AvgIpc) is 2.58. The first kappa shape index (κ1) is 12.9. The molecule has 0 aromatic rings. The van der Waals surface area contributed by atoms with Gasteiger partial charge in [-0.1, -0.05) is 19.1 Å². The second kappa shape index (κ2) is 4.61. The van der Waals surface area contributed by atoms with Crippen LogP contribution in [-0.4, -0.2) is 0 Å². The summed E-state index contributed by atoms with van der Waals surface area (Å²) in [6.07, 6.45) is 6.67. The third-order valence-electron chi connectivity index (χ3n) is 5.06. The van der Waals surface area contributed by atoms with E-state index < -0.39 is 0 Å². The van der Waals surface area contributed by atoms with Crippen molar-refractivity contribution >= 4 is 0 Å². The van der Waals surface area contributed by atoms with Gasteiger partial charge in [0.15, 0.2) is 0 Å². The first-order valence-corrected chi connectivity index (χ1v) is 6.97. The van der Waals surface area contributed by atoms with Gasteiger partial charge in [0.25, 0.3) is 0 Å². The Labute approximate surface area is 106 Å². The van der Waals surface area contributed by atoms with Gasteiger partial charge in [-0.25, -0.2) is 0 Å². The highest BCUT2D eigenvalue weighted by atomic mass is 14.9. The number of hydrogen-bond donors (Lipinski definition) is 1. The fourth-order valence-electron chi connectivity index (χ4n) is 4.29. The van der Waals surface area contributed by atoms with Crippen LogP contribution < -0.4 is 5.32 Å². The van der Waals surface area contributed by atoms with Crippen LogP contribution in [0.5, 0.6) is 0 Å². The highest BCUT2D eigenvalue weighted by Gasteiger charge is 2.49. The summed E-state index contributed by atoms with van der Waals surface area (Å²) in [6.45, 7) is 11.3. The molecule has 96 valence electrons. The Morgan fingerprint density at radius 3 is 2.71 bits per heavy atom. The molecule has 3 atom stereocenters. The normalized spacial score (nSPS) is 36.8. The zero-order valence-corrected chi connectivity index (χ0v) is 11.7. The minimum Gasteiger partial charge on any atom is -0.449 e. The molecular weight excluding hydrogens is 206 g/mol. The quantitative estimate of drug-likeness (QED) is 0.556. The maximum Gasteiger partial charge on any atom is 0.0817 e. The summed E-state index contributed by atoms with van der Waals surface area (Å²) in [4.78, 5) is 0. The van der Waals surface area contributed by atoms with Gasteiger partial charge in [0, 0.05) is 5.92 Å². The van der Waals surface area contributed by atoms with E-state index in [9.17, 15) is 0 Å². The molecule has 2 fully saturated rings. The number of nitrogens with two attached hydrogens (primary N) is 1. The molecule has 0 unspecified atom stereocenters. The topological polar surface area (TPSA) is 16.6 Å². The first-order valence-electron chi connectivity index (χ1n) is 6.97. The molecule has 0 radical (unpaired) electrons. The lowest BCUT2D eigenvalue weighted by Crippen LogP contribution is -2.76. The van der Waals surface area contributed by atoms with Gasteiger partial charge in [-0.3, -0.25) is 0 Å². The highest BCUT2D eigenvalue weighted by Crippen LogP contribution is 2.57. The zero-order chi connectivity index (χ0) is 12.6. The van der Waals surface area contributed by atoms with Crippen molar-refractivity contribution in [1.29, 1.82) is 0 Å². The van der Waals surface area contributed by atoms with Crippen molar-refractivity contribution < 1.29 is 5.32 Å². The van der Waals surface area contributed by atoms with Crippen molar-refractivity contribution in [2.45, 2.75) is 52.9 Å². The lowest BCUT2D eigenvalue weighted by molar-refractivity contribution is -0.552. The minimum absolute atomic E-state index is 0.518. The maximum atomic E-state index is 4.37. The van der Waals surface area contributed by atoms with E-state index in [4.69, 9.17) is 0 Å². The van der Waals surface area contributed by atoms with Crippen molar-refractivity contribution in [3.8, 4) is 0 Å². The fourth-order valence-corrected chi connectivity index (χ4v) is 4.29. The molecule has 2 N–H and O–H groups in total. The van der Waals surface area contributed by atoms with Crippen LogP contribution in [0.15, 0.2) is 23.4 Å². The predicted octanol–water partition coefficient (Wildman–Crippen LogP) is 3.41. The molecule has 2 saturated carbocycles. The Balaban J connectivity index is 2.32. The smallest absolute Gasteiger partial charge is 0.0817 e. The third-order valence-corrected chi connectivity index (χ3v) is 5.06. The van der Waals surface area contributed by atoms with Crippen molar-refractivity contribution in [2.24, 2.45) is 17.3 Å². The molecule has 2 rings (SSSR count). The Hall–Kier alpha value is -0.560. The maximum absolute atomic E-state index is 4.37. The van der Waals surface area contributed by atoms with E-state index in [0.29, 0.717) is 17.3 Å². The first-order chi connectivity index (χ1) is 7.99. The monoisotopic (exact) mass is 233 g/mol. The van der Waals surface area contributed by atoms with Crippen LogP contribution in [-0.2, 0) is 0 Å². The molecule has 0 saturated heterocycles. The van der Waals surface area contributed by atoms with Crippen LogP contribution in [0, 0.1) is 24.3 Å². The summed E-state index contributed by atoms with van der Waals surface area (Å²) in [7, 11) is 4.02. The molecule has 2 aliphatic rings. The summed E-state index contributed by atoms with van der Waals surface area (Å²) < 4.78 is 0. The Kier molecular flexibility index (Phi) is 3.49. The van der Waals surface area contributed by atoms with Crippen molar-refractivity contribution in [2.75, 3.05) is 0 Å². The molecule has 17 heavy (non-hydrogen) atoms. The van der Waals surface area contributed by atoms with Gasteiger partial charge < -0.3 is 5.32 Å². The van der Waals surface area contributed by atoms with Gasteiger partial charge in [0.05, 0.1) is 5.70 Å².